The zero-order valence-corrected chi connectivity index (χ0v) is 15.1. The molecule has 3 N–H and O–H groups in total. The highest BCUT2D eigenvalue weighted by molar-refractivity contribution is 5.96. The number of benzene rings is 1. The third-order valence-electron chi connectivity index (χ3n) is 3.85. The number of ether oxygens (including phenoxy) is 2. The first-order chi connectivity index (χ1) is 11.7. The van der Waals surface area contributed by atoms with Crippen molar-refractivity contribution < 1.29 is 14.3 Å². The summed E-state index contributed by atoms with van der Waals surface area (Å²) in [4.78, 5) is 11.9. The van der Waals surface area contributed by atoms with E-state index < -0.39 is 0 Å². The number of unbranched alkanes of at least 4 members (excludes halogenated alkanes) is 6. The van der Waals surface area contributed by atoms with E-state index in [1.807, 2.05) is 0 Å². The molecule has 5 heteroatoms. The van der Waals surface area contributed by atoms with Crippen LogP contribution in [0.1, 0.15) is 75.6 Å². The number of rotatable bonds is 13. The molecule has 0 aliphatic heterocycles. The topological polar surface area (TPSA) is 73.6 Å². The minimum atomic E-state index is -0.354. The predicted octanol–water partition coefficient (Wildman–Crippen LogP) is 4.21. The second kappa shape index (κ2) is 12.6. The van der Waals surface area contributed by atoms with Crippen LogP contribution >= 0.6 is 0 Å². The fraction of sp³-hybridized carbons (Fsp3) is 0.632. The fourth-order valence-corrected chi connectivity index (χ4v) is 2.41. The average Bonchev–Trinajstić information content (AvgIpc) is 2.61. The Hall–Kier alpha value is -1.75. The molecule has 1 amide bonds. The molecule has 0 bridgehead atoms. The lowest BCUT2D eigenvalue weighted by Gasteiger charge is -2.13. The van der Waals surface area contributed by atoms with Crippen LogP contribution in [0.4, 0.5) is 0 Å². The number of hydrogen-bond donors (Lipinski definition) is 2. The lowest BCUT2D eigenvalue weighted by molar-refractivity contribution is 0.0949. The standard InChI is InChI=1S/C19H32N2O3/c1-3-5-7-9-13-23-16-11-12-17(19(22)21-20)18(15-16)24-14-10-8-6-4-2/h11-12,15H,3-10,13-14,20H2,1-2H3,(H,21,22). The first kappa shape index (κ1) is 20.3. The maximum Gasteiger partial charge on any atom is 0.268 e. The van der Waals surface area contributed by atoms with Gasteiger partial charge in [0, 0.05) is 6.07 Å². The molecule has 0 heterocycles. The summed E-state index contributed by atoms with van der Waals surface area (Å²) in [5.74, 6) is 6.15. The normalized spacial score (nSPS) is 10.5. The van der Waals surface area contributed by atoms with Crippen molar-refractivity contribution >= 4 is 5.91 Å². The molecule has 136 valence electrons. The van der Waals surface area contributed by atoms with Gasteiger partial charge in [0.1, 0.15) is 11.5 Å². The fourth-order valence-electron chi connectivity index (χ4n) is 2.41. The quantitative estimate of drug-likeness (QED) is 0.245. The molecule has 1 aromatic rings. The molecule has 0 atom stereocenters. The Kier molecular flexibility index (Phi) is 10.7. The van der Waals surface area contributed by atoms with Crippen LogP contribution in [0.5, 0.6) is 11.5 Å². The lowest BCUT2D eigenvalue weighted by atomic mass is 10.1. The van der Waals surface area contributed by atoms with Crippen LogP contribution in [0.2, 0.25) is 0 Å². The van der Waals surface area contributed by atoms with Gasteiger partial charge in [0.25, 0.3) is 5.91 Å². The summed E-state index contributed by atoms with van der Waals surface area (Å²) in [5, 5.41) is 0. The van der Waals surface area contributed by atoms with E-state index in [2.05, 4.69) is 19.3 Å². The van der Waals surface area contributed by atoms with Gasteiger partial charge >= 0.3 is 0 Å². The molecule has 0 unspecified atom stereocenters. The molecule has 0 saturated carbocycles. The number of nitrogen functional groups attached to an aromatic ring is 1. The number of nitrogens with two attached hydrogens (primary N) is 1. The Balaban J connectivity index is 2.61. The van der Waals surface area contributed by atoms with E-state index in [1.165, 1.54) is 32.1 Å². The van der Waals surface area contributed by atoms with Gasteiger partial charge in [-0.25, -0.2) is 5.84 Å². The Morgan fingerprint density at radius 2 is 1.58 bits per heavy atom. The van der Waals surface area contributed by atoms with Gasteiger partial charge in [-0.2, -0.15) is 0 Å². The van der Waals surface area contributed by atoms with Crippen LogP contribution in [0, 0.1) is 0 Å². The number of amides is 1. The number of carbonyl (C=O) groups excluding carboxylic acids is 1. The Labute approximate surface area is 145 Å². The van der Waals surface area contributed by atoms with Crippen LogP contribution in [0.3, 0.4) is 0 Å². The van der Waals surface area contributed by atoms with Crippen LogP contribution in [0.15, 0.2) is 18.2 Å². The van der Waals surface area contributed by atoms with Gasteiger partial charge in [-0.3, -0.25) is 10.2 Å². The van der Waals surface area contributed by atoms with E-state index in [-0.39, 0.29) is 5.91 Å². The number of hydrogen-bond acceptors (Lipinski definition) is 4. The first-order valence-corrected chi connectivity index (χ1v) is 9.13. The zero-order chi connectivity index (χ0) is 17.6. The van der Waals surface area contributed by atoms with Crippen molar-refractivity contribution in [1.29, 1.82) is 0 Å². The SMILES string of the molecule is CCCCCCOc1ccc(C(=O)NN)c(OCCCCCC)c1. The molecule has 0 spiro atoms. The van der Waals surface area contributed by atoms with Gasteiger partial charge < -0.3 is 9.47 Å². The van der Waals surface area contributed by atoms with Crippen LogP contribution in [0.25, 0.3) is 0 Å². The van der Waals surface area contributed by atoms with Gasteiger partial charge in [-0.05, 0) is 25.0 Å². The highest BCUT2D eigenvalue weighted by Gasteiger charge is 2.13. The summed E-state index contributed by atoms with van der Waals surface area (Å²) in [7, 11) is 0. The Morgan fingerprint density at radius 3 is 2.17 bits per heavy atom. The molecular weight excluding hydrogens is 304 g/mol. The van der Waals surface area contributed by atoms with Gasteiger partial charge in [0.2, 0.25) is 0 Å². The highest BCUT2D eigenvalue weighted by atomic mass is 16.5. The third kappa shape index (κ3) is 7.68. The summed E-state index contributed by atoms with van der Waals surface area (Å²) < 4.78 is 11.6. The maximum absolute atomic E-state index is 11.9. The van der Waals surface area contributed by atoms with Crippen LogP contribution in [-0.2, 0) is 0 Å². The second-order valence-electron chi connectivity index (χ2n) is 5.95. The first-order valence-electron chi connectivity index (χ1n) is 9.13. The van der Waals surface area contributed by atoms with Crippen molar-refractivity contribution in [3.8, 4) is 11.5 Å². The smallest absolute Gasteiger partial charge is 0.268 e. The minimum absolute atomic E-state index is 0.354. The molecule has 0 aliphatic rings. The molecular formula is C19H32N2O3. The molecule has 5 nitrogen and oxygen atoms in total. The van der Waals surface area contributed by atoms with Crippen LogP contribution in [-0.4, -0.2) is 19.1 Å². The summed E-state index contributed by atoms with van der Waals surface area (Å²) in [5.41, 5.74) is 2.59. The van der Waals surface area contributed by atoms with E-state index in [9.17, 15) is 4.79 Å². The second-order valence-corrected chi connectivity index (χ2v) is 5.95. The van der Waals surface area contributed by atoms with Crippen molar-refractivity contribution in [2.75, 3.05) is 13.2 Å². The van der Waals surface area contributed by atoms with Crippen molar-refractivity contribution in [1.82, 2.24) is 5.43 Å². The van der Waals surface area contributed by atoms with Gasteiger partial charge in [0.15, 0.2) is 0 Å². The van der Waals surface area contributed by atoms with E-state index in [4.69, 9.17) is 15.3 Å². The summed E-state index contributed by atoms with van der Waals surface area (Å²) >= 11 is 0. The number of nitrogens with one attached hydrogen (secondary N) is 1. The van der Waals surface area contributed by atoms with Crippen LogP contribution < -0.4 is 20.7 Å². The van der Waals surface area contributed by atoms with E-state index in [0.717, 1.165) is 25.0 Å². The van der Waals surface area contributed by atoms with Crippen molar-refractivity contribution in [3.63, 3.8) is 0 Å². The van der Waals surface area contributed by atoms with E-state index in [1.54, 1.807) is 18.2 Å². The summed E-state index contributed by atoms with van der Waals surface area (Å²) in [6.45, 7) is 5.63. The summed E-state index contributed by atoms with van der Waals surface area (Å²) in [6, 6.07) is 5.27. The Morgan fingerprint density at radius 1 is 0.958 bits per heavy atom. The zero-order valence-electron chi connectivity index (χ0n) is 15.1. The molecule has 0 fully saturated rings. The Bertz CT molecular complexity index is 478. The van der Waals surface area contributed by atoms with Gasteiger partial charge in [-0.1, -0.05) is 52.4 Å². The molecule has 0 aliphatic carbocycles. The minimum Gasteiger partial charge on any atom is -0.493 e. The molecule has 24 heavy (non-hydrogen) atoms. The molecule has 0 aromatic heterocycles. The molecule has 1 rings (SSSR count). The molecule has 0 radical (unpaired) electrons. The third-order valence-corrected chi connectivity index (χ3v) is 3.85. The molecule has 1 aromatic carbocycles. The average molecular weight is 336 g/mol. The van der Waals surface area contributed by atoms with E-state index in [0.29, 0.717) is 24.5 Å². The predicted molar refractivity (Wildman–Crippen MR) is 97.4 cm³/mol. The number of hydrazine groups is 1. The summed E-state index contributed by atoms with van der Waals surface area (Å²) in [6.07, 6.45) is 9.12. The highest BCUT2D eigenvalue weighted by Crippen LogP contribution is 2.25. The van der Waals surface area contributed by atoms with Crippen molar-refractivity contribution in [3.05, 3.63) is 23.8 Å². The van der Waals surface area contributed by atoms with Crippen molar-refractivity contribution in [2.45, 2.75) is 65.2 Å². The molecule has 0 saturated heterocycles. The van der Waals surface area contributed by atoms with E-state index >= 15 is 0 Å². The maximum atomic E-state index is 11.9. The van der Waals surface area contributed by atoms with Gasteiger partial charge in [-0.15, -0.1) is 0 Å². The monoisotopic (exact) mass is 336 g/mol. The lowest BCUT2D eigenvalue weighted by Crippen LogP contribution is -2.30. The number of carbonyl (C=O) groups is 1. The van der Waals surface area contributed by atoms with Crippen molar-refractivity contribution in [2.24, 2.45) is 5.84 Å². The van der Waals surface area contributed by atoms with Gasteiger partial charge in [0.05, 0.1) is 18.8 Å². The largest absolute Gasteiger partial charge is 0.493 e.